The summed E-state index contributed by atoms with van der Waals surface area (Å²) in [7, 11) is 0. The summed E-state index contributed by atoms with van der Waals surface area (Å²) in [4.78, 5) is 24.5. The van der Waals surface area contributed by atoms with Crippen LogP contribution in [0.1, 0.15) is 39.7 Å². The van der Waals surface area contributed by atoms with Gasteiger partial charge in [0.05, 0.1) is 11.3 Å². The fourth-order valence-electron chi connectivity index (χ4n) is 4.00. The van der Waals surface area contributed by atoms with Crippen LogP contribution in [0.25, 0.3) is 28.1 Å². The third-order valence-corrected chi connectivity index (χ3v) is 5.61. The first-order valence-corrected chi connectivity index (χ1v) is 12.0. The molecule has 7 heteroatoms. The van der Waals surface area contributed by atoms with E-state index in [4.69, 9.17) is 9.84 Å². The number of benzene rings is 3. The molecule has 3 aromatic carbocycles. The molecule has 0 aliphatic rings. The Balaban J connectivity index is 1.85. The summed E-state index contributed by atoms with van der Waals surface area (Å²) < 4.78 is 21.2. The molecule has 0 aliphatic heterocycles. The minimum absolute atomic E-state index is 0.0693. The third-order valence-electron chi connectivity index (χ3n) is 5.61. The van der Waals surface area contributed by atoms with E-state index in [1.165, 1.54) is 23.7 Å². The van der Waals surface area contributed by atoms with E-state index in [1.54, 1.807) is 24.3 Å². The molecule has 0 saturated carbocycles. The zero-order valence-electron chi connectivity index (χ0n) is 21.6. The average Bonchev–Trinajstić information content (AvgIpc) is 3.17. The van der Waals surface area contributed by atoms with Gasteiger partial charge in [0.15, 0.2) is 0 Å². The van der Waals surface area contributed by atoms with Crippen molar-refractivity contribution in [3.8, 4) is 34.0 Å². The quantitative estimate of drug-likeness (QED) is 0.291. The van der Waals surface area contributed by atoms with E-state index in [-0.39, 0.29) is 17.2 Å². The molecule has 6 nitrogen and oxygen atoms in total. The number of ether oxygens (including phenoxy) is 1. The number of nitrogens with zero attached hydrogens (tertiary/aromatic N) is 2. The summed E-state index contributed by atoms with van der Waals surface area (Å²) in [5.41, 5.74) is 4.72. The van der Waals surface area contributed by atoms with E-state index >= 15 is 0 Å². The second-order valence-electron chi connectivity index (χ2n) is 10.2. The molecule has 1 N–H and O–H groups in total. The van der Waals surface area contributed by atoms with Crippen molar-refractivity contribution >= 4 is 17.6 Å². The van der Waals surface area contributed by atoms with E-state index in [0.29, 0.717) is 29.1 Å². The Morgan fingerprint density at radius 3 is 2.22 bits per heavy atom. The lowest BCUT2D eigenvalue weighted by Crippen LogP contribution is -2.19. The van der Waals surface area contributed by atoms with Gasteiger partial charge in [0, 0.05) is 24.6 Å². The van der Waals surface area contributed by atoms with Crippen LogP contribution in [0.5, 0.6) is 5.88 Å². The minimum Gasteiger partial charge on any atom is -0.407 e. The van der Waals surface area contributed by atoms with Gasteiger partial charge in [-0.3, -0.25) is 9.59 Å². The number of halogens is 1. The third kappa shape index (κ3) is 6.30. The molecule has 0 fully saturated rings. The normalized spacial score (nSPS) is 11.3. The Bertz CT molecular complexity index is 1430. The maximum atomic E-state index is 14.1. The van der Waals surface area contributed by atoms with Gasteiger partial charge in [0.2, 0.25) is 11.8 Å². The number of amides is 1. The number of anilines is 1. The van der Waals surface area contributed by atoms with Crippen LogP contribution in [-0.4, -0.2) is 21.7 Å². The molecular weight excluding hydrogens is 469 g/mol. The maximum Gasteiger partial charge on any atom is 0.309 e. The topological polar surface area (TPSA) is 73.2 Å². The first kappa shape index (κ1) is 25.8. The fraction of sp³-hybridized carbons (Fsp3) is 0.233. The van der Waals surface area contributed by atoms with Crippen LogP contribution in [0.15, 0.2) is 72.8 Å². The molecule has 1 heterocycles. The molecule has 1 aromatic heterocycles. The first-order chi connectivity index (χ1) is 17.5. The van der Waals surface area contributed by atoms with Gasteiger partial charge in [-0.1, -0.05) is 68.8 Å². The largest absolute Gasteiger partial charge is 0.407 e. The highest BCUT2D eigenvalue weighted by Crippen LogP contribution is 2.41. The predicted octanol–water partition coefficient (Wildman–Crippen LogP) is 6.95. The highest BCUT2D eigenvalue weighted by Gasteiger charge is 2.25. The average molecular weight is 500 g/mol. The van der Waals surface area contributed by atoms with E-state index < -0.39 is 11.8 Å². The molecule has 0 spiro atoms. The maximum absolute atomic E-state index is 14.1. The SMILES string of the molecule is CC(=O)Oc1c(-c2ccc(NC(=O)CC(C)(C)C)cc2)c(-c2ccc(C)cc2)nn1-c1cccc(F)c1. The van der Waals surface area contributed by atoms with Gasteiger partial charge in [-0.15, -0.1) is 0 Å². The number of carbonyl (C=O) groups excluding carboxylic acids is 2. The molecule has 0 unspecified atom stereocenters. The molecule has 0 radical (unpaired) electrons. The van der Waals surface area contributed by atoms with Gasteiger partial charge in [0.25, 0.3) is 0 Å². The standard InChI is InChI=1S/C30H30FN3O3/c1-19-9-11-22(12-10-19)28-27(21-13-15-24(16-14-21)32-26(36)18-30(3,4)5)29(37-20(2)35)34(33-28)25-8-6-7-23(31)17-25/h6-17H,18H2,1-5H3,(H,32,36). The predicted molar refractivity (Wildman–Crippen MR) is 143 cm³/mol. The summed E-state index contributed by atoms with van der Waals surface area (Å²) >= 11 is 0. The van der Waals surface area contributed by atoms with Crippen LogP contribution < -0.4 is 10.1 Å². The molecule has 0 bridgehead atoms. The molecule has 0 aliphatic carbocycles. The molecular formula is C30H30FN3O3. The highest BCUT2D eigenvalue weighted by atomic mass is 19.1. The summed E-state index contributed by atoms with van der Waals surface area (Å²) in [5.74, 6) is -0.853. The fourth-order valence-corrected chi connectivity index (χ4v) is 4.00. The molecule has 0 atom stereocenters. The van der Waals surface area contributed by atoms with Crippen LogP contribution in [0.4, 0.5) is 10.1 Å². The molecule has 4 rings (SSSR count). The number of aromatic nitrogens is 2. The zero-order chi connectivity index (χ0) is 26.7. The van der Waals surface area contributed by atoms with Crippen LogP contribution >= 0.6 is 0 Å². The van der Waals surface area contributed by atoms with Gasteiger partial charge in [-0.2, -0.15) is 9.78 Å². The number of hydrogen-bond acceptors (Lipinski definition) is 4. The molecule has 4 aromatic rings. The number of esters is 1. The van der Waals surface area contributed by atoms with E-state index in [1.807, 2.05) is 64.1 Å². The smallest absolute Gasteiger partial charge is 0.309 e. The lowest BCUT2D eigenvalue weighted by atomic mass is 9.92. The van der Waals surface area contributed by atoms with Crippen LogP contribution in [-0.2, 0) is 9.59 Å². The number of hydrogen-bond donors (Lipinski definition) is 1. The number of rotatable bonds is 6. The van der Waals surface area contributed by atoms with Crippen molar-refractivity contribution in [2.24, 2.45) is 5.41 Å². The zero-order valence-corrected chi connectivity index (χ0v) is 21.6. The lowest BCUT2D eigenvalue weighted by molar-refractivity contribution is -0.132. The van der Waals surface area contributed by atoms with Crippen LogP contribution in [0.2, 0.25) is 0 Å². The highest BCUT2D eigenvalue weighted by molar-refractivity contribution is 5.92. The summed E-state index contributed by atoms with van der Waals surface area (Å²) in [6.07, 6.45) is 0.392. The van der Waals surface area contributed by atoms with E-state index in [0.717, 1.165) is 16.7 Å². The summed E-state index contributed by atoms with van der Waals surface area (Å²) in [5, 5.41) is 7.69. The molecule has 0 saturated heterocycles. The van der Waals surface area contributed by atoms with Crippen molar-refractivity contribution < 1.29 is 18.7 Å². The lowest BCUT2D eigenvalue weighted by Gasteiger charge is -2.17. The van der Waals surface area contributed by atoms with Gasteiger partial charge < -0.3 is 10.1 Å². The van der Waals surface area contributed by atoms with Gasteiger partial charge in [-0.25, -0.2) is 4.39 Å². The monoisotopic (exact) mass is 499 g/mol. The second-order valence-corrected chi connectivity index (χ2v) is 10.2. The Morgan fingerprint density at radius 2 is 1.62 bits per heavy atom. The van der Waals surface area contributed by atoms with Crippen molar-refractivity contribution in [2.45, 2.75) is 41.0 Å². The van der Waals surface area contributed by atoms with Crippen molar-refractivity contribution in [2.75, 3.05) is 5.32 Å². The van der Waals surface area contributed by atoms with E-state index in [9.17, 15) is 14.0 Å². The van der Waals surface area contributed by atoms with Crippen LogP contribution in [0.3, 0.4) is 0 Å². The van der Waals surface area contributed by atoms with E-state index in [2.05, 4.69) is 5.32 Å². The summed E-state index contributed by atoms with van der Waals surface area (Å²) in [6, 6.07) is 21.0. The Morgan fingerprint density at radius 1 is 0.973 bits per heavy atom. The summed E-state index contributed by atoms with van der Waals surface area (Å²) in [6.45, 7) is 9.33. The number of nitrogens with one attached hydrogen (secondary N) is 1. The van der Waals surface area contributed by atoms with Crippen molar-refractivity contribution in [1.82, 2.24) is 9.78 Å². The number of aryl methyl sites for hydroxylation is 1. The first-order valence-electron chi connectivity index (χ1n) is 12.0. The molecule has 1 amide bonds. The van der Waals surface area contributed by atoms with Crippen LogP contribution in [0, 0.1) is 18.2 Å². The van der Waals surface area contributed by atoms with Crippen molar-refractivity contribution in [1.29, 1.82) is 0 Å². The van der Waals surface area contributed by atoms with Gasteiger partial charge in [-0.05, 0) is 48.2 Å². The minimum atomic E-state index is -0.527. The molecule has 190 valence electrons. The Kier molecular flexibility index (Phi) is 7.25. The molecule has 37 heavy (non-hydrogen) atoms. The van der Waals surface area contributed by atoms with Gasteiger partial charge in [0.1, 0.15) is 11.5 Å². The second kappa shape index (κ2) is 10.4. The Labute approximate surface area is 216 Å². The van der Waals surface area contributed by atoms with Crippen molar-refractivity contribution in [3.05, 3.63) is 84.2 Å². The van der Waals surface area contributed by atoms with Crippen molar-refractivity contribution in [3.63, 3.8) is 0 Å². The Hall–Kier alpha value is -4.26. The number of carbonyl (C=O) groups is 2. The van der Waals surface area contributed by atoms with Gasteiger partial charge >= 0.3 is 5.97 Å².